The highest BCUT2D eigenvalue weighted by atomic mass is 35.5. The second-order valence-electron chi connectivity index (χ2n) is 7.35. The molecule has 0 atom stereocenters. The highest BCUT2D eigenvalue weighted by Gasteiger charge is 2.16. The first-order chi connectivity index (χ1) is 16.1. The van der Waals surface area contributed by atoms with E-state index in [9.17, 15) is 4.79 Å². The van der Waals surface area contributed by atoms with Crippen LogP contribution in [0.25, 0.3) is 22.5 Å². The maximum Gasteiger partial charge on any atom is 0.245 e. The molecule has 7 nitrogen and oxygen atoms in total. The first-order valence-electron chi connectivity index (χ1n) is 11.0. The molecule has 0 bridgehead atoms. The molecule has 174 valence electrons. The molecule has 0 aliphatic rings. The SMILES string of the molecule is CCCOc1ccc(-c2ccc(-c3ccccc3Cl)n2CC(=O)N/C=N\NCCCO)cc1. The molecule has 0 unspecified atom stereocenters. The van der Waals surface area contributed by atoms with Crippen LogP contribution in [0, 0.1) is 0 Å². The molecule has 0 saturated heterocycles. The summed E-state index contributed by atoms with van der Waals surface area (Å²) in [4.78, 5) is 12.7. The third-order valence-corrected chi connectivity index (χ3v) is 5.21. The molecule has 2 aromatic carbocycles. The first kappa shape index (κ1) is 24.4. The van der Waals surface area contributed by atoms with E-state index >= 15 is 0 Å². The van der Waals surface area contributed by atoms with Crippen molar-refractivity contribution in [1.29, 1.82) is 0 Å². The van der Waals surface area contributed by atoms with E-state index in [-0.39, 0.29) is 19.1 Å². The Balaban J connectivity index is 1.85. The lowest BCUT2D eigenvalue weighted by molar-refractivity contribution is -0.120. The summed E-state index contributed by atoms with van der Waals surface area (Å²) in [5, 5.41) is 16.0. The number of nitrogens with zero attached hydrogens (tertiary/aromatic N) is 2. The molecule has 0 fully saturated rings. The molecule has 3 rings (SSSR count). The summed E-state index contributed by atoms with van der Waals surface area (Å²) in [6.07, 6.45) is 2.85. The van der Waals surface area contributed by atoms with Crippen LogP contribution in [-0.4, -0.2) is 41.7 Å². The number of hydrogen-bond donors (Lipinski definition) is 3. The predicted octanol–water partition coefficient (Wildman–Crippen LogP) is 4.30. The van der Waals surface area contributed by atoms with Gasteiger partial charge in [0.25, 0.3) is 0 Å². The summed E-state index contributed by atoms with van der Waals surface area (Å²) in [7, 11) is 0. The van der Waals surface area contributed by atoms with Gasteiger partial charge in [-0.3, -0.25) is 4.79 Å². The summed E-state index contributed by atoms with van der Waals surface area (Å²) in [5.41, 5.74) is 6.30. The molecular formula is C25H29ClN4O3. The topological polar surface area (TPSA) is 87.9 Å². The quantitative estimate of drug-likeness (QED) is 0.160. The lowest BCUT2D eigenvalue weighted by Gasteiger charge is -2.14. The normalized spacial score (nSPS) is 11.0. The Hall–Kier alpha value is -3.29. The average molecular weight is 469 g/mol. The largest absolute Gasteiger partial charge is 0.494 e. The number of aromatic nitrogens is 1. The fourth-order valence-corrected chi connectivity index (χ4v) is 3.53. The van der Waals surface area contributed by atoms with E-state index in [0.717, 1.165) is 34.7 Å². The molecule has 0 saturated carbocycles. The monoisotopic (exact) mass is 468 g/mol. The Morgan fingerprint density at radius 1 is 1.12 bits per heavy atom. The second-order valence-corrected chi connectivity index (χ2v) is 7.76. The molecule has 3 aromatic rings. The lowest BCUT2D eigenvalue weighted by atomic mass is 10.1. The van der Waals surface area contributed by atoms with Crippen molar-refractivity contribution in [3.63, 3.8) is 0 Å². The number of carbonyl (C=O) groups is 1. The zero-order chi connectivity index (χ0) is 23.5. The van der Waals surface area contributed by atoms with Crippen molar-refractivity contribution in [2.24, 2.45) is 5.10 Å². The number of hydrogen-bond acceptors (Lipinski definition) is 5. The fraction of sp³-hybridized carbons (Fsp3) is 0.280. The van der Waals surface area contributed by atoms with Crippen LogP contribution < -0.4 is 15.5 Å². The number of carbonyl (C=O) groups excluding carboxylic acids is 1. The molecule has 3 N–H and O–H groups in total. The van der Waals surface area contributed by atoms with Crippen molar-refractivity contribution < 1.29 is 14.6 Å². The number of nitrogens with one attached hydrogen (secondary N) is 2. The maximum atomic E-state index is 12.7. The number of amides is 1. The fourth-order valence-electron chi connectivity index (χ4n) is 3.30. The van der Waals surface area contributed by atoms with Crippen molar-refractivity contribution in [2.75, 3.05) is 19.8 Å². The number of aliphatic hydroxyl groups excluding tert-OH is 1. The first-order valence-corrected chi connectivity index (χ1v) is 11.3. The Labute approximate surface area is 199 Å². The number of rotatable bonds is 12. The van der Waals surface area contributed by atoms with Gasteiger partial charge in [0.05, 0.1) is 12.3 Å². The van der Waals surface area contributed by atoms with Crippen LogP contribution >= 0.6 is 11.6 Å². The van der Waals surface area contributed by atoms with Gasteiger partial charge in [-0.05, 0) is 60.9 Å². The highest BCUT2D eigenvalue weighted by Crippen LogP contribution is 2.33. The minimum Gasteiger partial charge on any atom is -0.494 e. The minimum absolute atomic E-state index is 0.0830. The molecule has 0 spiro atoms. The molecule has 0 aliphatic carbocycles. The third kappa shape index (κ3) is 6.84. The van der Waals surface area contributed by atoms with Crippen LogP contribution in [-0.2, 0) is 11.3 Å². The number of aliphatic hydroxyl groups is 1. The Morgan fingerprint density at radius 2 is 1.88 bits per heavy atom. The van der Waals surface area contributed by atoms with E-state index in [1.54, 1.807) is 0 Å². The number of halogens is 1. The van der Waals surface area contributed by atoms with Crippen LogP contribution in [0.5, 0.6) is 5.75 Å². The van der Waals surface area contributed by atoms with Gasteiger partial charge in [-0.25, -0.2) is 0 Å². The van der Waals surface area contributed by atoms with E-state index in [1.807, 2.05) is 65.2 Å². The van der Waals surface area contributed by atoms with Crippen LogP contribution in [0.4, 0.5) is 0 Å². The maximum absolute atomic E-state index is 12.7. The Kier molecular flexibility index (Phi) is 9.35. The van der Waals surface area contributed by atoms with Crippen molar-refractivity contribution in [1.82, 2.24) is 15.3 Å². The van der Waals surface area contributed by atoms with Gasteiger partial charge < -0.3 is 25.2 Å². The summed E-state index contributed by atoms with van der Waals surface area (Å²) in [6.45, 7) is 3.43. The number of hydrazone groups is 1. The van der Waals surface area contributed by atoms with Gasteiger partial charge in [-0.15, -0.1) is 0 Å². The summed E-state index contributed by atoms with van der Waals surface area (Å²) in [5.74, 6) is 0.587. The van der Waals surface area contributed by atoms with Gasteiger partial charge in [0.1, 0.15) is 18.6 Å². The zero-order valence-electron chi connectivity index (χ0n) is 18.6. The summed E-state index contributed by atoms with van der Waals surface area (Å²) >= 11 is 6.46. The Bertz CT molecular complexity index is 1060. The van der Waals surface area contributed by atoms with Crippen LogP contribution in [0.3, 0.4) is 0 Å². The molecule has 1 amide bonds. The van der Waals surface area contributed by atoms with Crippen molar-refractivity contribution in [2.45, 2.75) is 26.3 Å². The van der Waals surface area contributed by atoms with Crippen molar-refractivity contribution >= 4 is 23.8 Å². The van der Waals surface area contributed by atoms with Gasteiger partial charge in [-0.1, -0.05) is 36.7 Å². The van der Waals surface area contributed by atoms with Gasteiger partial charge in [0, 0.05) is 29.4 Å². The zero-order valence-corrected chi connectivity index (χ0v) is 19.4. The molecule has 8 heteroatoms. The summed E-state index contributed by atoms with van der Waals surface area (Å²) in [6, 6.07) is 19.3. The molecular weight excluding hydrogens is 440 g/mol. The molecule has 0 aliphatic heterocycles. The molecule has 1 heterocycles. The van der Waals surface area contributed by atoms with Gasteiger partial charge in [0.2, 0.25) is 5.91 Å². The Morgan fingerprint density at radius 3 is 2.61 bits per heavy atom. The van der Waals surface area contributed by atoms with E-state index in [0.29, 0.717) is 24.6 Å². The minimum atomic E-state index is -0.226. The second kappa shape index (κ2) is 12.7. The molecule has 1 aromatic heterocycles. The lowest BCUT2D eigenvalue weighted by Crippen LogP contribution is -2.28. The molecule has 0 radical (unpaired) electrons. The number of ether oxygens (including phenoxy) is 1. The van der Waals surface area contributed by atoms with Gasteiger partial charge in [0.15, 0.2) is 0 Å². The van der Waals surface area contributed by atoms with Crippen LogP contribution in [0.1, 0.15) is 19.8 Å². The van der Waals surface area contributed by atoms with E-state index in [4.69, 9.17) is 21.4 Å². The smallest absolute Gasteiger partial charge is 0.245 e. The third-order valence-electron chi connectivity index (χ3n) is 4.88. The predicted molar refractivity (Wildman–Crippen MR) is 132 cm³/mol. The average Bonchev–Trinajstić information content (AvgIpc) is 3.23. The van der Waals surface area contributed by atoms with Gasteiger partial charge in [-0.2, -0.15) is 5.10 Å². The van der Waals surface area contributed by atoms with Crippen LogP contribution in [0.2, 0.25) is 5.02 Å². The van der Waals surface area contributed by atoms with E-state index in [1.165, 1.54) is 6.34 Å². The van der Waals surface area contributed by atoms with Crippen LogP contribution in [0.15, 0.2) is 65.8 Å². The van der Waals surface area contributed by atoms with E-state index in [2.05, 4.69) is 22.8 Å². The highest BCUT2D eigenvalue weighted by molar-refractivity contribution is 6.33. The standard InChI is InChI=1S/C25H29ClN4O3/c1-2-16-33-20-10-8-19(9-11-20)23-12-13-24(21-6-3-4-7-22(21)26)30(23)17-25(32)27-18-29-28-14-5-15-31/h3-4,6-13,18,28,31H,2,5,14-17H2,1H3,(H,27,29,32). The number of benzene rings is 2. The van der Waals surface area contributed by atoms with Crippen molar-refractivity contribution in [3.8, 4) is 28.3 Å². The van der Waals surface area contributed by atoms with Gasteiger partial charge >= 0.3 is 0 Å². The van der Waals surface area contributed by atoms with E-state index < -0.39 is 0 Å². The summed E-state index contributed by atoms with van der Waals surface area (Å²) < 4.78 is 7.62. The van der Waals surface area contributed by atoms with Crippen molar-refractivity contribution in [3.05, 3.63) is 65.7 Å². The molecule has 33 heavy (non-hydrogen) atoms.